The first kappa shape index (κ1) is 14.4. The van der Waals surface area contributed by atoms with E-state index in [0.717, 1.165) is 0 Å². The summed E-state index contributed by atoms with van der Waals surface area (Å²) in [7, 11) is 0. The van der Waals surface area contributed by atoms with Crippen LogP contribution in [0.3, 0.4) is 0 Å². The van der Waals surface area contributed by atoms with Crippen LogP contribution in [0.2, 0.25) is 0 Å². The van der Waals surface area contributed by atoms with Gasteiger partial charge in [-0.05, 0) is 0 Å². The number of aromatic nitrogens is 2. The van der Waals surface area contributed by atoms with Gasteiger partial charge in [-0.3, -0.25) is 0 Å². The van der Waals surface area contributed by atoms with Gasteiger partial charge in [-0.15, -0.1) is 0 Å². The van der Waals surface area contributed by atoms with E-state index in [2.05, 4.69) is 61.4 Å². The summed E-state index contributed by atoms with van der Waals surface area (Å²) in [5, 5.41) is 0. The molecule has 0 saturated heterocycles. The second-order valence-electron chi connectivity index (χ2n) is 4.84. The van der Waals surface area contributed by atoms with Crippen LogP contribution in [-0.4, -0.2) is 19.5 Å². The number of rotatable bonds is 3. The van der Waals surface area contributed by atoms with Gasteiger partial charge in [0.05, 0.1) is 0 Å². The number of imidazole rings is 1. The summed E-state index contributed by atoms with van der Waals surface area (Å²) in [5.41, 5.74) is 2.76. The van der Waals surface area contributed by atoms with E-state index in [9.17, 15) is 0 Å². The van der Waals surface area contributed by atoms with Crippen LogP contribution in [0.4, 0.5) is 0 Å². The van der Waals surface area contributed by atoms with E-state index in [1.165, 1.54) is 16.1 Å². The van der Waals surface area contributed by atoms with Crippen molar-refractivity contribution < 1.29 is 4.57 Å². The molecule has 17 heavy (non-hydrogen) atoms. The summed E-state index contributed by atoms with van der Waals surface area (Å²) in [6.45, 7) is 15.3. The first-order chi connectivity index (χ1) is 7.91. The summed E-state index contributed by atoms with van der Waals surface area (Å²) < 4.78 is 6.28. The molecule has 0 aliphatic carbocycles. The third kappa shape index (κ3) is 2.76. The molecule has 0 unspecified atom stereocenters. The van der Waals surface area contributed by atoms with Crippen molar-refractivity contribution in [3.05, 3.63) is 11.4 Å². The van der Waals surface area contributed by atoms with Crippen LogP contribution >= 0.6 is 0 Å². The Morgan fingerprint density at radius 2 is 1.76 bits per heavy atom. The molecular weight excluding hydrogens is 275 g/mol. The minimum atomic E-state index is 0.238. The molecule has 0 fully saturated rings. The van der Waals surface area contributed by atoms with Gasteiger partial charge in [0.2, 0.25) is 0 Å². The van der Waals surface area contributed by atoms with E-state index < -0.39 is 0 Å². The molecule has 0 aliphatic rings. The van der Waals surface area contributed by atoms with Crippen LogP contribution in [0, 0.1) is 24.6 Å². The Hall–Kier alpha value is -0.711. The fraction of sp³-hybridized carbons (Fsp3) is 0.643. The van der Waals surface area contributed by atoms with Crippen molar-refractivity contribution in [2.75, 3.05) is 0 Å². The van der Waals surface area contributed by atoms with Crippen molar-refractivity contribution >= 4 is 19.7 Å². The van der Waals surface area contributed by atoms with Gasteiger partial charge in [-0.1, -0.05) is 0 Å². The topological polar surface area (TPSA) is 8.81 Å². The van der Waals surface area contributed by atoms with Crippen molar-refractivity contribution in [1.82, 2.24) is 4.57 Å². The molecule has 0 aromatic carbocycles. The quantitative estimate of drug-likeness (QED) is 0.458. The molecule has 1 rings (SSSR count). The molecule has 1 heterocycles. The van der Waals surface area contributed by atoms with E-state index in [1.807, 2.05) is 6.92 Å². The van der Waals surface area contributed by atoms with Crippen molar-refractivity contribution in [2.24, 2.45) is 0 Å². The molecule has 3 heteroatoms. The van der Waals surface area contributed by atoms with E-state index in [0.29, 0.717) is 12.1 Å². The molecule has 0 radical (unpaired) electrons. The third-order valence-electron chi connectivity index (χ3n) is 2.94. The fourth-order valence-corrected chi connectivity index (χ4v) is 4.44. The monoisotopic (exact) mass is 299 g/mol. The van der Waals surface area contributed by atoms with Gasteiger partial charge in [0.25, 0.3) is 0 Å². The van der Waals surface area contributed by atoms with Crippen molar-refractivity contribution in [2.45, 2.75) is 60.5 Å². The number of hydrogen-bond acceptors (Lipinski definition) is 0. The molecule has 0 spiro atoms. The maximum atomic E-state index is 3.27. The number of nitrogens with zero attached hydrogens (tertiary/aromatic N) is 2. The molecule has 0 aliphatic heterocycles. The molecule has 0 N–H and O–H groups in total. The molecular formula is C14H23N2Se+. The fourth-order valence-electron chi connectivity index (χ4n) is 2.16. The summed E-state index contributed by atoms with van der Waals surface area (Å²) in [6.07, 6.45) is 0. The summed E-state index contributed by atoms with van der Waals surface area (Å²) in [4.78, 5) is 3.27. The zero-order chi connectivity index (χ0) is 13.2. The summed E-state index contributed by atoms with van der Waals surface area (Å²) >= 11 is 0.238. The van der Waals surface area contributed by atoms with Gasteiger partial charge < -0.3 is 0 Å². The van der Waals surface area contributed by atoms with Crippen molar-refractivity contribution in [3.63, 3.8) is 0 Å². The zero-order valence-electron chi connectivity index (χ0n) is 12.0. The Morgan fingerprint density at radius 3 is 2.18 bits per heavy atom. The van der Waals surface area contributed by atoms with E-state index >= 15 is 0 Å². The average Bonchev–Trinajstić information content (AvgIpc) is 2.48. The Balaban J connectivity index is 3.46. The van der Waals surface area contributed by atoms with E-state index in [4.69, 9.17) is 0 Å². The predicted molar refractivity (Wildman–Crippen MR) is 73.7 cm³/mol. The molecule has 1 aromatic heterocycles. The molecule has 0 amide bonds. The second-order valence-corrected chi connectivity index (χ2v) is 6.46. The predicted octanol–water partition coefficient (Wildman–Crippen LogP) is 1.86. The maximum absolute atomic E-state index is 3.27. The first-order valence-electron chi connectivity index (χ1n) is 6.13. The Morgan fingerprint density at radius 1 is 1.18 bits per heavy atom. The number of hydrogen-bond donors (Lipinski definition) is 0. The van der Waals surface area contributed by atoms with Gasteiger partial charge in [-0.2, -0.15) is 0 Å². The van der Waals surface area contributed by atoms with Crippen LogP contribution in [-0.2, 0) is 0 Å². The van der Waals surface area contributed by atoms with Gasteiger partial charge in [0, 0.05) is 0 Å². The summed E-state index contributed by atoms with van der Waals surface area (Å²) in [5.74, 6) is 3.03. The normalized spacial score (nSPS) is 10.9. The van der Waals surface area contributed by atoms with Crippen molar-refractivity contribution in [3.8, 4) is 10.7 Å². The van der Waals surface area contributed by atoms with Crippen molar-refractivity contribution in [1.29, 1.82) is 0 Å². The van der Waals surface area contributed by atoms with Crippen LogP contribution < -0.4 is 9.29 Å². The van der Waals surface area contributed by atoms with Gasteiger partial charge >= 0.3 is 111 Å². The molecule has 0 saturated carbocycles. The van der Waals surface area contributed by atoms with Gasteiger partial charge in [0.1, 0.15) is 0 Å². The third-order valence-corrected chi connectivity index (χ3v) is 4.79. The summed E-state index contributed by atoms with van der Waals surface area (Å²) in [6, 6.07) is 1.01. The first-order valence-corrected chi connectivity index (χ1v) is 7.84. The standard InChI is InChI=1S/C14H23N2Se/c1-8-9-17-14-15(10(2)3)12(6)13(7)16(14)11(4)5/h10-11H,1-7H3/q+1. The van der Waals surface area contributed by atoms with Gasteiger partial charge in [0.15, 0.2) is 0 Å². The van der Waals surface area contributed by atoms with E-state index in [1.54, 1.807) is 0 Å². The van der Waals surface area contributed by atoms with Crippen LogP contribution in [0.25, 0.3) is 0 Å². The Kier molecular flexibility index (Phi) is 4.86. The zero-order valence-corrected chi connectivity index (χ0v) is 13.7. The van der Waals surface area contributed by atoms with Crippen LogP contribution in [0.5, 0.6) is 0 Å². The SMILES string of the molecule is CC#C[Se]c1n(C(C)C)c(C)c(C)[n+]1C(C)C. The molecule has 94 valence electrons. The van der Waals surface area contributed by atoms with Crippen LogP contribution in [0.15, 0.2) is 0 Å². The molecule has 0 bridgehead atoms. The Bertz CT molecular complexity index is 427. The molecule has 0 atom stereocenters. The molecule has 1 aromatic rings. The van der Waals surface area contributed by atoms with E-state index in [-0.39, 0.29) is 15.0 Å². The minimum absolute atomic E-state index is 0.238. The molecule has 2 nitrogen and oxygen atoms in total. The van der Waals surface area contributed by atoms with Crippen LogP contribution in [0.1, 0.15) is 58.1 Å². The average molecular weight is 298 g/mol. The Labute approximate surface area is 112 Å². The van der Waals surface area contributed by atoms with Gasteiger partial charge in [-0.25, -0.2) is 0 Å². The second kappa shape index (κ2) is 5.76.